The van der Waals surface area contributed by atoms with Crippen LogP contribution in [0.4, 0.5) is 34.1 Å². The van der Waals surface area contributed by atoms with Crippen molar-refractivity contribution in [2.24, 2.45) is 0 Å². The van der Waals surface area contributed by atoms with Crippen molar-refractivity contribution >= 4 is 61.0 Å². The first-order valence-corrected chi connectivity index (χ1v) is 26.8. The molecule has 2 nitrogen and oxygen atoms in total. The van der Waals surface area contributed by atoms with Crippen molar-refractivity contribution < 1.29 is 0 Å². The second-order valence-corrected chi connectivity index (χ2v) is 28.8. The summed E-state index contributed by atoms with van der Waals surface area (Å²) in [5, 5.41) is 2.70. The molecule has 0 aromatic heterocycles. The van der Waals surface area contributed by atoms with Gasteiger partial charge >= 0.3 is 0 Å². The number of rotatable bonds is 8. The molecule has 8 rings (SSSR count). The van der Waals surface area contributed by atoms with Crippen LogP contribution < -0.4 is 9.80 Å². The number of hydrogen-bond acceptors (Lipinski definition) is 2. The van der Waals surface area contributed by atoms with E-state index in [1.54, 1.807) is 5.56 Å². The van der Waals surface area contributed by atoms with Crippen molar-refractivity contribution in [2.45, 2.75) is 71.6 Å². The molecule has 55 heavy (non-hydrogen) atoms. The molecule has 0 aliphatic heterocycles. The van der Waals surface area contributed by atoms with Crippen molar-refractivity contribution in [3.05, 3.63) is 179 Å². The highest BCUT2D eigenvalue weighted by Gasteiger charge is 2.59. The minimum absolute atomic E-state index is 0.0287. The first kappa shape index (κ1) is 36.8. The van der Waals surface area contributed by atoms with Gasteiger partial charge in [-0.15, -0.1) is 0 Å². The number of anilines is 6. The van der Waals surface area contributed by atoms with E-state index in [9.17, 15) is 0 Å². The third kappa shape index (κ3) is 5.98. The lowest BCUT2D eigenvalue weighted by atomic mass is 9.97. The number of fused-ring (bicyclic) bond motifs is 5. The van der Waals surface area contributed by atoms with Crippen LogP contribution in [0.2, 0.25) is 39.3 Å². The molecule has 0 heterocycles. The zero-order valence-corrected chi connectivity index (χ0v) is 36.3. The normalized spacial score (nSPS) is 13.4. The largest absolute Gasteiger partial charge is 0.310 e. The molecule has 0 amide bonds. The number of nitrogens with zero attached hydrogens (tertiary/aromatic N) is 2. The van der Waals surface area contributed by atoms with E-state index in [1.165, 1.54) is 83.8 Å². The van der Waals surface area contributed by atoms with Crippen LogP contribution in [0.5, 0.6) is 0 Å². The van der Waals surface area contributed by atoms with Gasteiger partial charge in [0.25, 0.3) is 0 Å². The Balaban J connectivity index is 1.37. The predicted molar refractivity (Wildman–Crippen MR) is 245 cm³/mol. The Morgan fingerprint density at radius 2 is 0.891 bits per heavy atom. The summed E-state index contributed by atoms with van der Waals surface area (Å²) in [6, 6.07) is 54.9. The van der Waals surface area contributed by atoms with Gasteiger partial charge in [-0.3, -0.25) is 0 Å². The molecule has 0 radical (unpaired) electrons. The first-order chi connectivity index (χ1) is 26.2. The average Bonchev–Trinajstić information content (AvgIpc) is 3.46. The SMILES string of the molecule is Cc1ccc(N(c2ccccc2)c2ccc3c(c2)C([Si](C)(C)C)([Si](C)(C)C)c2c-3ccc3cc(N(c4ccccc4)c4ccc(C)cc4C)ccc23)c(C)c1. The van der Waals surface area contributed by atoms with E-state index < -0.39 is 16.1 Å². The molecule has 276 valence electrons. The van der Waals surface area contributed by atoms with Gasteiger partial charge in [-0.25, -0.2) is 0 Å². The Kier molecular flexibility index (Phi) is 9.06. The number of hydrogen-bond donors (Lipinski definition) is 0. The molecule has 0 fully saturated rings. The molecule has 0 N–H and O–H groups in total. The lowest BCUT2D eigenvalue weighted by Crippen LogP contribution is -2.63. The smallest absolute Gasteiger partial charge is 0.0579 e. The maximum Gasteiger partial charge on any atom is 0.0579 e. The monoisotopic (exact) mass is 750 g/mol. The van der Waals surface area contributed by atoms with Crippen molar-refractivity contribution in [1.29, 1.82) is 0 Å². The van der Waals surface area contributed by atoms with E-state index >= 15 is 0 Å². The summed E-state index contributed by atoms with van der Waals surface area (Å²) in [6.07, 6.45) is 0. The van der Waals surface area contributed by atoms with Crippen molar-refractivity contribution in [2.75, 3.05) is 9.80 Å². The average molecular weight is 751 g/mol. The summed E-state index contributed by atoms with van der Waals surface area (Å²) < 4.78 is -0.0287. The number of para-hydroxylation sites is 2. The van der Waals surface area contributed by atoms with Crippen molar-refractivity contribution in [1.82, 2.24) is 0 Å². The molecule has 0 atom stereocenters. The second-order valence-electron chi connectivity index (χ2n) is 17.8. The van der Waals surface area contributed by atoms with Crippen LogP contribution in [0.1, 0.15) is 33.4 Å². The second kappa shape index (κ2) is 13.5. The van der Waals surface area contributed by atoms with Crippen molar-refractivity contribution in [3.63, 3.8) is 0 Å². The molecule has 0 spiro atoms. The van der Waals surface area contributed by atoms with Gasteiger partial charge in [0, 0.05) is 38.8 Å². The summed E-state index contributed by atoms with van der Waals surface area (Å²) in [5.41, 5.74) is 18.2. The molecule has 0 unspecified atom stereocenters. The van der Waals surface area contributed by atoms with E-state index in [0.717, 1.165) is 0 Å². The third-order valence-electron chi connectivity index (χ3n) is 12.1. The number of benzene rings is 7. The van der Waals surface area contributed by atoms with Gasteiger partial charge in [-0.1, -0.05) is 135 Å². The van der Waals surface area contributed by atoms with Crippen LogP contribution in [0.25, 0.3) is 21.9 Å². The molecule has 0 saturated carbocycles. The van der Waals surface area contributed by atoms with Crippen molar-refractivity contribution in [3.8, 4) is 11.1 Å². The van der Waals surface area contributed by atoms with Crippen LogP contribution in [0, 0.1) is 27.7 Å². The van der Waals surface area contributed by atoms with Gasteiger partial charge in [0.2, 0.25) is 0 Å². The summed E-state index contributed by atoms with van der Waals surface area (Å²) in [7, 11) is -3.97. The third-order valence-corrected chi connectivity index (χ3v) is 22.1. The first-order valence-electron chi connectivity index (χ1n) is 19.8. The predicted octanol–water partition coefficient (Wildman–Crippen LogP) is 15.0. The van der Waals surface area contributed by atoms with Gasteiger partial charge in [-0.05, 0) is 133 Å². The fourth-order valence-corrected chi connectivity index (χ4v) is 23.3. The zero-order valence-electron chi connectivity index (χ0n) is 34.3. The lowest BCUT2D eigenvalue weighted by Gasteiger charge is -2.51. The van der Waals surface area contributed by atoms with Crippen LogP contribution in [-0.4, -0.2) is 16.1 Å². The Hall–Kier alpha value is -5.17. The number of aryl methyl sites for hydroxylation is 4. The summed E-state index contributed by atoms with van der Waals surface area (Å²) in [4.78, 5) is 4.91. The van der Waals surface area contributed by atoms with Crippen LogP contribution in [-0.2, 0) is 4.66 Å². The maximum atomic E-state index is 2.63. The fraction of sp³-hybridized carbons (Fsp3) is 0.216. The molecule has 0 saturated heterocycles. The van der Waals surface area contributed by atoms with E-state index in [0.29, 0.717) is 0 Å². The van der Waals surface area contributed by atoms with Gasteiger partial charge < -0.3 is 9.80 Å². The van der Waals surface area contributed by atoms with E-state index in [1.807, 2.05) is 0 Å². The minimum atomic E-state index is -1.98. The lowest BCUT2D eigenvalue weighted by molar-refractivity contribution is 0.961. The standard InChI is InChI=1S/C51H54N2Si2/c1-35-21-29-48(37(3)31-35)52(40-17-13-11-14-18-40)42-24-27-44-39(33-42)23-26-46-45-28-25-43(34-47(45)51(50(44)46,54(5,6)7)55(8,9)10)53(41-19-15-12-16-20-41)49-30-22-36(2)32-38(49)4/h11-34H,1-10H3. The molecule has 1 aliphatic carbocycles. The Labute approximate surface area is 331 Å². The minimum Gasteiger partial charge on any atom is -0.310 e. The van der Waals surface area contributed by atoms with Crippen LogP contribution in [0.15, 0.2) is 146 Å². The highest BCUT2D eigenvalue weighted by atomic mass is 28.4. The summed E-state index contributed by atoms with van der Waals surface area (Å²) >= 11 is 0. The molecule has 0 bridgehead atoms. The Bertz CT molecular complexity index is 2550. The van der Waals surface area contributed by atoms with E-state index in [2.05, 4.69) is 222 Å². The fourth-order valence-electron chi connectivity index (χ4n) is 10.2. The molecule has 7 aromatic rings. The van der Waals surface area contributed by atoms with Gasteiger partial charge in [-0.2, -0.15) is 0 Å². The van der Waals surface area contributed by atoms with Gasteiger partial charge in [0.15, 0.2) is 0 Å². The topological polar surface area (TPSA) is 6.48 Å². The quantitative estimate of drug-likeness (QED) is 0.143. The zero-order chi connectivity index (χ0) is 38.9. The van der Waals surface area contributed by atoms with E-state index in [4.69, 9.17) is 0 Å². The van der Waals surface area contributed by atoms with Crippen LogP contribution >= 0.6 is 0 Å². The highest BCUT2D eigenvalue weighted by molar-refractivity contribution is 7.00. The molecule has 1 aliphatic rings. The maximum absolute atomic E-state index is 2.63. The summed E-state index contributed by atoms with van der Waals surface area (Å²) in [6.45, 7) is 24.6. The van der Waals surface area contributed by atoms with E-state index in [-0.39, 0.29) is 4.66 Å². The molecular formula is C51H54N2Si2. The Morgan fingerprint density at radius 3 is 1.38 bits per heavy atom. The van der Waals surface area contributed by atoms with Gasteiger partial charge in [0.05, 0.1) is 16.1 Å². The Morgan fingerprint density at radius 1 is 0.418 bits per heavy atom. The van der Waals surface area contributed by atoms with Crippen LogP contribution in [0.3, 0.4) is 0 Å². The molecule has 4 heteroatoms. The molecule has 7 aromatic carbocycles. The summed E-state index contributed by atoms with van der Waals surface area (Å²) in [5.74, 6) is 0. The molecular weight excluding hydrogens is 697 g/mol. The highest BCUT2D eigenvalue weighted by Crippen LogP contribution is 2.60. The van der Waals surface area contributed by atoms with Gasteiger partial charge in [0.1, 0.15) is 0 Å².